The standard InChI is InChI=1S/C27H24O6S4/c1-20-3-15-26(16-4-20)36(28,29)32-22-7-11-24(12-8-22)34-19-35-25-13-9-23(10-14-25)33-37(30,31)27-17-5-21(2)6-18-27/h3-18H,19H2,1-2H3. The Balaban J connectivity index is 1.28. The molecule has 0 bridgehead atoms. The lowest BCUT2D eigenvalue weighted by Crippen LogP contribution is -2.09. The van der Waals surface area contributed by atoms with E-state index in [1.165, 1.54) is 24.3 Å². The quantitative estimate of drug-likeness (QED) is 0.118. The van der Waals surface area contributed by atoms with Gasteiger partial charge in [0.1, 0.15) is 21.3 Å². The highest BCUT2D eigenvalue weighted by Crippen LogP contribution is 2.31. The van der Waals surface area contributed by atoms with Gasteiger partial charge in [-0.15, -0.1) is 23.5 Å². The fourth-order valence-corrected chi connectivity index (χ4v) is 6.95. The van der Waals surface area contributed by atoms with Gasteiger partial charge >= 0.3 is 20.2 Å². The van der Waals surface area contributed by atoms with Crippen molar-refractivity contribution in [1.29, 1.82) is 0 Å². The van der Waals surface area contributed by atoms with Crippen LogP contribution in [0, 0.1) is 13.8 Å². The summed E-state index contributed by atoms with van der Waals surface area (Å²) >= 11 is 3.17. The average Bonchev–Trinajstić information content (AvgIpc) is 2.86. The van der Waals surface area contributed by atoms with Crippen LogP contribution in [-0.2, 0) is 20.2 Å². The average molecular weight is 573 g/mol. The summed E-state index contributed by atoms with van der Waals surface area (Å²) in [5.41, 5.74) is 1.93. The molecular formula is C27H24O6S4. The molecule has 0 saturated heterocycles. The number of rotatable bonds is 10. The van der Waals surface area contributed by atoms with Crippen molar-refractivity contribution in [3.05, 3.63) is 108 Å². The molecule has 0 fully saturated rings. The van der Waals surface area contributed by atoms with Crippen LogP contribution in [0.2, 0.25) is 0 Å². The second-order valence-electron chi connectivity index (χ2n) is 8.05. The van der Waals surface area contributed by atoms with Crippen LogP contribution < -0.4 is 8.37 Å². The lowest BCUT2D eigenvalue weighted by Gasteiger charge is -2.09. The van der Waals surface area contributed by atoms with Crippen LogP contribution in [0.3, 0.4) is 0 Å². The second-order valence-corrected chi connectivity index (χ2v) is 13.6. The third-order valence-electron chi connectivity index (χ3n) is 5.13. The molecule has 4 rings (SSSR count). The van der Waals surface area contributed by atoms with Gasteiger partial charge in [-0.3, -0.25) is 0 Å². The summed E-state index contributed by atoms with van der Waals surface area (Å²) < 4.78 is 60.2. The van der Waals surface area contributed by atoms with Crippen molar-refractivity contribution in [3.8, 4) is 11.5 Å². The fourth-order valence-electron chi connectivity index (χ4n) is 3.11. The molecule has 0 unspecified atom stereocenters. The maximum Gasteiger partial charge on any atom is 0.339 e. The van der Waals surface area contributed by atoms with Crippen LogP contribution in [-0.4, -0.2) is 21.9 Å². The Kier molecular flexibility index (Phi) is 8.53. The highest BCUT2D eigenvalue weighted by atomic mass is 32.2. The van der Waals surface area contributed by atoms with Gasteiger partial charge in [0.15, 0.2) is 0 Å². The smallest absolute Gasteiger partial charge is 0.339 e. The predicted octanol–water partition coefficient (Wildman–Crippen LogP) is 6.68. The SMILES string of the molecule is Cc1ccc(S(=O)(=O)Oc2ccc(SCSc3ccc(OS(=O)(=O)c4ccc(C)cc4)cc3)cc2)cc1. The molecule has 0 aliphatic heterocycles. The Labute approximate surface area is 226 Å². The summed E-state index contributed by atoms with van der Waals surface area (Å²) in [6.45, 7) is 3.77. The van der Waals surface area contributed by atoms with Crippen molar-refractivity contribution in [2.75, 3.05) is 5.08 Å². The minimum atomic E-state index is -3.89. The predicted molar refractivity (Wildman–Crippen MR) is 147 cm³/mol. The molecule has 10 heteroatoms. The van der Waals surface area contributed by atoms with Crippen molar-refractivity contribution in [2.45, 2.75) is 33.4 Å². The highest BCUT2D eigenvalue weighted by molar-refractivity contribution is 8.16. The molecule has 4 aromatic carbocycles. The first-order chi connectivity index (χ1) is 17.6. The molecule has 0 spiro atoms. The van der Waals surface area contributed by atoms with Gasteiger partial charge < -0.3 is 8.37 Å². The lowest BCUT2D eigenvalue weighted by molar-refractivity contribution is 0.484. The number of hydrogen-bond donors (Lipinski definition) is 0. The Morgan fingerprint density at radius 2 is 0.838 bits per heavy atom. The molecule has 0 amide bonds. The molecule has 0 aliphatic carbocycles. The van der Waals surface area contributed by atoms with Crippen molar-refractivity contribution < 1.29 is 25.2 Å². The van der Waals surface area contributed by atoms with E-state index in [1.54, 1.807) is 96.3 Å². The summed E-state index contributed by atoms with van der Waals surface area (Å²) in [5.74, 6) is 0.488. The van der Waals surface area contributed by atoms with Gasteiger partial charge in [-0.25, -0.2) is 0 Å². The molecule has 6 nitrogen and oxygen atoms in total. The van der Waals surface area contributed by atoms with Crippen LogP contribution in [0.1, 0.15) is 11.1 Å². The summed E-state index contributed by atoms with van der Waals surface area (Å²) in [6, 6.07) is 26.7. The number of aryl methyl sites for hydroxylation is 2. The van der Waals surface area contributed by atoms with Gasteiger partial charge in [-0.1, -0.05) is 35.4 Å². The first-order valence-corrected chi connectivity index (χ1v) is 15.9. The van der Waals surface area contributed by atoms with Crippen LogP contribution in [0.4, 0.5) is 0 Å². The zero-order valence-corrected chi connectivity index (χ0v) is 23.3. The van der Waals surface area contributed by atoms with E-state index in [0.717, 1.165) is 20.9 Å². The van der Waals surface area contributed by atoms with Gasteiger partial charge in [0.2, 0.25) is 0 Å². The van der Waals surface area contributed by atoms with Crippen LogP contribution in [0.5, 0.6) is 11.5 Å². The Morgan fingerprint density at radius 1 is 0.514 bits per heavy atom. The van der Waals surface area contributed by atoms with Gasteiger partial charge in [0.05, 0.1) is 0 Å². The molecule has 0 saturated carbocycles. The molecule has 192 valence electrons. The second kappa shape index (κ2) is 11.6. The zero-order valence-electron chi connectivity index (χ0n) is 20.0. The largest absolute Gasteiger partial charge is 0.379 e. The van der Waals surface area contributed by atoms with Crippen molar-refractivity contribution >= 4 is 43.8 Å². The van der Waals surface area contributed by atoms with E-state index < -0.39 is 20.2 Å². The molecule has 37 heavy (non-hydrogen) atoms. The van der Waals surface area contributed by atoms with Gasteiger partial charge in [-0.05, 0) is 86.6 Å². The van der Waals surface area contributed by atoms with Crippen LogP contribution in [0.15, 0.2) is 117 Å². The summed E-state index contributed by atoms with van der Waals surface area (Å²) in [5, 5.41) is 0.698. The van der Waals surface area contributed by atoms with Crippen LogP contribution >= 0.6 is 23.5 Å². The van der Waals surface area contributed by atoms with Crippen molar-refractivity contribution in [3.63, 3.8) is 0 Å². The van der Waals surface area contributed by atoms with Crippen molar-refractivity contribution in [1.82, 2.24) is 0 Å². The normalized spacial score (nSPS) is 11.7. The van der Waals surface area contributed by atoms with E-state index in [0.29, 0.717) is 5.08 Å². The topological polar surface area (TPSA) is 86.7 Å². The molecule has 0 atom stereocenters. The van der Waals surface area contributed by atoms with Crippen LogP contribution in [0.25, 0.3) is 0 Å². The van der Waals surface area contributed by atoms with E-state index in [2.05, 4.69) is 0 Å². The Hall–Kier alpha value is -2.92. The Morgan fingerprint density at radius 3 is 1.16 bits per heavy atom. The summed E-state index contributed by atoms with van der Waals surface area (Å²) in [7, 11) is -7.77. The monoisotopic (exact) mass is 572 g/mol. The van der Waals surface area contributed by atoms with Gasteiger partial charge in [-0.2, -0.15) is 16.8 Å². The summed E-state index contributed by atoms with van der Waals surface area (Å²) in [6.07, 6.45) is 0. The van der Waals surface area contributed by atoms with E-state index in [9.17, 15) is 16.8 Å². The minimum absolute atomic E-state index is 0.108. The van der Waals surface area contributed by atoms with E-state index in [-0.39, 0.29) is 21.3 Å². The van der Waals surface area contributed by atoms with Gasteiger partial charge in [0, 0.05) is 14.9 Å². The third-order valence-corrected chi connectivity index (χ3v) is 9.81. The minimum Gasteiger partial charge on any atom is -0.379 e. The molecule has 0 aliphatic rings. The molecule has 0 radical (unpaired) electrons. The number of hydrogen-bond acceptors (Lipinski definition) is 8. The summed E-state index contributed by atoms with van der Waals surface area (Å²) in [4.78, 5) is 2.13. The maximum atomic E-state index is 12.4. The molecular weight excluding hydrogens is 549 g/mol. The van der Waals surface area contributed by atoms with E-state index >= 15 is 0 Å². The van der Waals surface area contributed by atoms with Crippen molar-refractivity contribution in [2.24, 2.45) is 0 Å². The first-order valence-electron chi connectivity index (χ1n) is 11.1. The third kappa shape index (κ3) is 7.54. The maximum absolute atomic E-state index is 12.4. The highest BCUT2D eigenvalue weighted by Gasteiger charge is 2.17. The molecule has 0 heterocycles. The fraction of sp³-hybridized carbons (Fsp3) is 0.111. The van der Waals surface area contributed by atoms with Gasteiger partial charge in [0.25, 0.3) is 0 Å². The molecule has 4 aromatic rings. The number of benzene rings is 4. The van der Waals surface area contributed by atoms with E-state index in [1.807, 2.05) is 13.8 Å². The lowest BCUT2D eigenvalue weighted by atomic mass is 10.2. The Bertz CT molecular complexity index is 1430. The van der Waals surface area contributed by atoms with E-state index in [4.69, 9.17) is 8.37 Å². The first kappa shape index (κ1) is 27.1. The molecule has 0 aromatic heterocycles. The molecule has 0 N–H and O–H groups in total. The number of thioether (sulfide) groups is 2. The zero-order chi connectivity index (χ0) is 26.5.